The van der Waals surface area contributed by atoms with Crippen LogP contribution in [0, 0.1) is 0 Å². The van der Waals surface area contributed by atoms with E-state index in [1.165, 1.54) is 16.7 Å². The van der Waals surface area contributed by atoms with Gasteiger partial charge in [-0.25, -0.2) is 4.79 Å². The van der Waals surface area contributed by atoms with E-state index in [4.69, 9.17) is 4.74 Å². The molecule has 1 fully saturated rings. The third kappa shape index (κ3) is 4.51. The summed E-state index contributed by atoms with van der Waals surface area (Å²) in [6.45, 7) is 5.15. The molecule has 2 aliphatic rings. The zero-order valence-electron chi connectivity index (χ0n) is 15.8. The molecule has 0 N–H and O–H groups in total. The molecule has 1 unspecified atom stereocenters. The van der Waals surface area contributed by atoms with Crippen LogP contribution >= 0.6 is 0 Å². The number of fused-ring (bicyclic) bond motifs is 1. The second-order valence-electron chi connectivity index (χ2n) is 7.61. The van der Waals surface area contributed by atoms with Crippen LogP contribution in [0.25, 0.3) is 0 Å². The molecule has 4 rings (SSSR count). The highest BCUT2D eigenvalue weighted by Gasteiger charge is 2.28. The maximum atomic E-state index is 12.3. The lowest BCUT2D eigenvalue weighted by molar-refractivity contribution is 0.104. The van der Waals surface area contributed by atoms with Gasteiger partial charge in [0.05, 0.1) is 6.61 Å². The Bertz CT molecular complexity index is 762. The van der Waals surface area contributed by atoms with Crippen LogP contribution in [-0.4, -0.2) is 48.7 Å². The van der Waals surface area contributed by atoms with Gasteiger partial charge in [0.1, 0.15) is 0 Å². The number of hydrogen-bond donors (Lipinski definition) is 0. The third-order valence-electron chi connectivity index (χ3n) is 5.77. The maximum Gasteiger partial charge on any atom is 0.409 e. The van der Waals surface area contributed by atoms with Gasteiger partial charge >= 0.3 is 6.09 Å². The number of carbonyl (C=O) groups excluding carboxylic acids is 1. The molecule has 0 bridgehead atoms. The lowest BCUT2D eigenvalue weighted by atomic mass is 9.99. The normalized spacial score (nSPS) is 19.7. The van der Waals surface area contributed by atoms with Crippen molar-refractivity contribution in [3.63, 3.8) is 0 Å². The summed E-state index contributed by atoms with van der Waals surface area (Å²) < 4.78 is 5.53. The van der Waals surface area contributed by atoms with Crippen LogP contribution in [0.5, 0.6) is 0 Å². The van der Waals surface area contributed by atoms with Crippen molar-refractivity contribution >= 4 is 6.09 Å². The molecule has 0 saturated carbocycles. The van der Waals surface area contributed by atoms with E-state index < -0.39 is 0 Å². The number of amides is 1. The van der Waals surface area contributed by atoms with E-state index >= 15 is 0 Å². The van der Waals surface area contributed by atoms with Gasteiger partial charge in [-0.15, -0.1) is 0 Å². The Morgan fingerprint density at radius 3 is 2.63 bits per heavy atom. The van der Waals surface area contributed by atoms with Crippen LogP contribution in [0.4, 0.5) is 4.79 Å². The van der Waals surface area contributed by atoms with E-state index in [1.54, 1.807) is 0 Å². The molecule has 0 aromatic heterocycles. The van der Waals surface area contributed by atoms with Gasteiger partial charge in [-0.3, -0.25) is 4.90 Å². The molecule has 2 heterocycles. The molecule has 2 aromatic rings. The van der Waals surface area contributed by atoms with Crippen LogP contribution < -0.4 is 0 Å². The summed E-state index contributed by atoms with van der Waals surface area (Å²) in [6.07, 6.45) is 2.87. The Hall–Kier alpha value is -2.33. The first-order valence-corrected chi connectivity index (χ1v) is 10.1. The first kappa shape index (κ1) is 18.1. The Labute approximate surface area is 161 Å². The van der Waals surface area contributed by atoms with Crippen molar-refractivity contribution in [3.8, 4) is 0 Å². The molecule has 2 aromatic carbocycles. The lowest BCUT2D eigenvalue weighted by Gasteiger charge is -2.28. The molecular weight excluding hydrogens is 336 g/mol. The fourth-order valence-electron chi connectivity index (χ4n) is 4.21. The van der Waals surface area contributed by atoms with Crippen LogP contribution in [0.2, 0.25) is 0 Å². The van der Waals surface area contributed by atoms with Crippen molar-refractivity contribution in [2.45, 2.75) is 31.7 Å². The number of rotatable bonds is 5. The van der Waals surface area contributed by atoms with E-state index in [1.807, 2.05) is 11.0 Å². The van der Waals surface area contributed by atoms with Crippen LogP contribution in [0.1, 0.15) is 35.4 Å². The fraction of sp³-hybridized carbons (Fsp3) is 0.435. The smallest absolute Gasteiger partial charge is 0.409 e. The molecule has 4 nitrogen and oxygen atoms in total. The van der Waals surface area contributed by atoms with Crippen molar-refractivity contribution < 1.29 is 9.53 Å². The molecule has 4 heteroatoms. The minimum absolute atomic E-state index is 0.155. The molecule has 1 saturated heterocycles. The molecule has 142 valence electrons. The summed E-state index contributed by atoms with van der Waals surface area (Å²) in [5.74, 6) is 0.437. The highest BCUT2D eigenvalue weighted by Crippen LogP contribution is 2.27. The standard InChI is InChI=1S/C23H28N2O2/c26-23(25-15-12-22(18-25)19-7-2-1-3-8-19)27-16-6-13-24-14-11-20-9-4-5-10-21(20)17-24/h1-5,7-10,22H,6,11-18H2. The summed E-state index contributed by atoms with van der Waals surface area (Å²) in [5.41, 5.74) is 4.23. The van der Waals surface area contributed by atoms with Gasteiger partial charge in [0.25, 0.3) is 0 Å². The molecule has 0 radical (unpaired) electrons. The number of benzene rings is 2. The predicted octanol–water partition coefficient (Wildman–Crippen LogP) is 4.06. The van der Waals surface area contributed by atoms with E-state index in [-0.39, 0.29) is 6.09 Å². The highest BCUT2D eigenvalue weighted by atomic mass is 16.6. The van der Waals surface area contributed by atoms with Gasteiger partial charge in [-0.2, -0.15) is 0 Å². The topological polar surface area (TPSA) is 32.8 Å². The van der Waals surface area contributed by atoms with Crippen LogP contribution in [0.15, 0.2) is 54.6 Å². The van der Waals surface area contributed by atoms with Crippen LogP contribution in [0.3, 0.4) is 0 Å². The van der Waals surface area contributed by atoms with Crippen molar-refractivity contribution in [2.75, 3.05) is 32.8 Å². The molecule has 2 aliphatic heterocycles. The molecule has 1 amide bonds. The van der Waals surface area contributed by atoms with Gasteiger partial charge in [-0.05, 0) is 36.0 Å². The van der Waals surface area contributed by atoms with Gasteiger partial charge in [0, 0.05) is 38.6 Å². The van der Waals surface area contributed by atoms with Crippen molar-refractivity contribution in [1.82, 2.24) is 9.80 Å². The maximum absolute atomic E-state index is 12.3. The quantitative estimate of drug-likeness (QED) is 0.750. The van der Waals surface area contributed by atoms with E-state index in [0.717, 1.165) is 52.0 Å². The molecular formula is C23H28N2O2. The first-order chi connectivity index (χ1) is 13.3. The van der Waals surface area contributed by atoms with Gasteiger partial charge in [-0.1, -0.05) is 54.6 Å². The third-order valence-corrected chi connectivity index (χ3v) is 5.77. The minimum atomic E-state index is -0.155. The monoisotopic (exact) mass is 364 g/mol. The number of likely N-dealkylation sites (tertiary alicyclic amines) is 1. The minimum Gasteiger partial charge on any atom is -0.449 e. The Morgan fingerprint density at radius 1 is 1.00 bits per heavy atom. The predicted molar refractivity (Wildman–Crippen MR) is 107 cm³/mol. The van der Waals surface area contributed by atoms with E-state index in [9.17, 15) is 4.79 Å². The van der Waals surface area contributed by atoms with Crippen LogP contribution in [-0.2, 0) is 17.7 Å². The summed E-state index contributed by atoms with van der Waals surface area (Å²) in [6, 6.07) is 19.1. The van der Waals surface area contributed by atoms with Gasteiger partial charge < -0.3 is 9.64 Å². The molecule has 0 aliphatic carbocycles. The second kappa shape index (κ2) is 8.57. The Kier molecular flexibility index (Phi) is 5.73. The molecule has 27 heavy (non-hydrogen) atoms. The zero-order valence-corrected chi connectivity index (χ0v) is 15.8. The zero-order chi connectivity index (χ0) is 18.5. The fourth-order valence-corrected chi connectivity index (χ4v) is 4.21. The summed E-state index contributed by atoms with van der Waals surface area (Å²) in [7, 11) is 0. The number of carbonyl (C=O) groups is 1. The first-order valence-electron chi connectivity index (χ1n) is 10.1. The summed E-state index contributed by atoms with van der Waals surface area (Å²) in [5, 5.41) is 0. The largest absolute Gasteiger partial charge is 0.449 e. The average molecular weight is 364 g/mol. The summed E-state index contributed by atoms with van der Waals surface area (Å²) >= 11 is 0. The Balaban J connectivity index is 1.17. The number of ether oxygens (including phenoxy) is 1. The van der Waals surface area contributed by atoms with Crippen molar-refractivity contribution in [1.29, 1.82) is 0 Å². The number of hydrogen-bond acceptors (Lipinski definition) is 3. The number of nitrogens with zero attached hydrogens (tertiary/aromatic N) is 2. The summed E-state index contributed by atoms with van der Waals surface area (Å²) in [4.78, 5) is 16.6. The van der Waals surface area contributed by atoms with Crippen molar-refractivity contribution in [2.24, 2.45) is 0 Å². The Morgan fingerprint density at radius 2 is 1.78 bits per heavy atom. The molecule has 1 atom stereocenters. The van der Waals surface area contributed by atoms with Gasteiger partial charge in [0.15, 0.2) is 0 Å². The molecule has 0 spiro atoms. The highest BCUT2D eigenvalue weighted by molar-refractivity contribution is 5.68. The average Bonchev–Trinajstić information content (AvgIpc) is 3.22. The lowest BCUT2D eigenvalue weighted by Crippen LogP contribution is -2.33. The van der Waals surface area contributed by atoms with E-state index in [2.05, 4.69) is 53.4 Å². The van der Waals surface area contributed by atoms with E-state index in [0.29, 0.717) is 12.5 Å². The SMILES string of the molecule is O=C(OCCCN1CCc2ccccc2C1)N1CCC(c2ccccc2)C1. The van der Waals surface area contributed by atoms with Crippen molar-refractivity contribution in [3.05, 3.63) is 71.3 Å². The second-order valence-corrected chi connectivity index (χ2v) is 7.61. The van der Waals surface area contributed by atoms with Gasteiger partial charge in [0.2, 0.25) is 0 Å².